The van der Waals surface area contributed by atoms with E-state index in [-0.39, 0.29) is 18.2 Å². The van der Waals surface area contributed by atoms with Gasteiger partial charge in [-0.2, -0.15) is 0 Å². The first kappa shape index (κ1) is 13.3. The predicted octanol–water partition coefficient (Wildman–Crippen LogP) is 3.56. The molecule has 1 aliphatic rings. The summed E-state index contributed by atoms with van der Waals surface area (Å²) in [4.78, 5) is 26.5. The number of halogens is 1. The first-order chi connectivity index (χ1) is 9.65. The van der Waals surface area contributed by atoms with E-state index in [0.717, 1.165) is 17.7 Å². The maximum atomic E-state index is 12.2. The standard InChI is InChI=1S/C15H12ClNO2S/c16-14-7-6-13(20-14)12(18)9-17-11-4-2-1-3-10(11)5-8-15(17)19/h1-4,6-7H,5,8-9H2. The summed E-state index contributed by atoms with van der Waals surface area (Å²) in [5.74, 6) is -0.0772. The molecule has 0 radical (unpaired) electrons. The molecule has 1 aromatic heterocycles. The second-order valence-corrected chi connectivity index (χ2v) is 6.35. The van der Waals surface area contributed by atoms with Crippen LogP contribution in [0.25, 0.3) is 0 Å². The Hall–Kier alpha value is -1.65. The highest BCUT2D eigenvalue weighted by Crippen LogP contribution is 2.28. The molecule has 0 saturated heterocycles. The van der Waals surface area contributed by atoms with Gasteiger partial charge in [-0.15, -0.1) is 11.3 Å². The van der Waals surface area contributed by atoms with Crippen LogP contribution in [-0.4, -0.2) is 18.2 Å². The average molecular weight is 306 g/mol. The number of anilines is 1. The summed E-state index contributed by atoms with van der Waals surface area (Å²) in [5.41, 5.74) is 1.96. The monoisotopic (exact) mass is 305 g/mol. The SMILES string of the molecule is O=C(CN1C(=O)CCc2ccccc21)c1ccc(Cl)s1. The largest absolute Gasteiger partial charge is 0.304 e. The summed E-state index contributed by atoms with van der Waals surface area (Å²) in [5, 5.41) is 0. The second-order valence-electron chi connectivity index (χ2n) is 4.64. The Balaban J connectivity index is 1.87. The molecule has 5 heteroatoms. The number of ketones is 1. The van der Waals surface area contributed by atoms with Gasteiger partial charge in [0.1, 0.15) is 0 Å². The van der Waals surface area contributed by atoms with E-state index < -0.39 is 0 Å². The zero-order chi connectivity index (χ0) is 14.1. The van der Waals surface area contributed by atoms with Gasteiger partial charge in [0.25, 0.3) is 0 Å². The minimum Gasteiger partial charge on any atom is -0.304 e. The van der Waals surface area contributed by atoms with Gasteiger partial charge in [-0.05, 0) is 30.2 Å². The molecule has 0 atom stereocenters. The lowest BCUT2D eigenvalue weighted by molar-refractivity contribution is -0.118. The van der Waals surface area contributed by atoms with Gasteiger partial charge in [0.05, 0.1) is 15.8 Å². The molecule has 0 aliphatic carbocycles. The lowest BCUT2D eigenvalue weighted by Crippen LogP contribution is -2.38. The Morgan fingerprint density at radius 1 is 1.20 bits per heavy atom. The number of amides is 1. The smallest absolute Gasteiger partial charge is 0.227 e. The van der Waals surface area contributed by atoms with Crippen molar-refractivity contribution in [3.8, 4) is 0 Å². The fourth-order valence-corrected chi connectivity index (χ4v) is 3.33. The van der Waals surface area contributed by atoms with Crippen LogP contribution in [0.15, 0.2) is 36.4 Å². The third-order valence-electron chi connectivity index (χ3n) is 3.34. The Kier molecular flexibility index (Phi) is 3.59. The number of hydrogen-bond acceptors (Lipinski definition) is 3. The van der Waals surface area contributed by atoms with Crippen molar-refractivity contribution in [2.75, 3.05) is 11.4 Å². The zero-order valence-corrected chi connectivity index (χ0v) is 12.2. The van der Waals surface area contributed by atoms with E-state index in [2.05, 4.69) is 0 Å². The highest BCUT2D eigenvalue weighted by molar-refractivity contribution is 7.18. The maximum absolute atomic E-state index is 12.2. The highest BCUT2D eigenvalue weighted by Gasteiger charge is 2.26. The van der Waals surface area contributed by atoms with Crippen LogP contribution in [0.3, 0.4) is 0 Å². The molecule has 0 N–H and O–H groups in total. The van der Waals surface area contributed by atoms with Crippen LogP contribution in [0, 0.1) is 0 Å². The fourth-order valence-electron chi connectivity index (χ4n) is 2.36. The topological polar surface area (TPSA) is 37.4 Å². The van der Waals surface area contributed by atoms with Crippen molar-refractivity contribution < 1.29 is 9.59 Å². The minimum atomic E-state index is -0.0769. The van der Waals surface area contributed by atoms with Crippen molar-refractivity contribution in [3.05, 3.63) is 51.2 Å². The molecule has 1 aliphatic heterocycles. The van der Waals surface area contributed by atoms with E-state index in [1.54, 1.807) is 17.0 Å². The number of hydrogen-bond donors (Lipinski definition) is 0. The molecule has 0 unspecified atom stereocenters. The summed E-state index contributed by atoms with van der Waals surface area (Å²) in [6, 6.07) is 11.1. The van der Waals surface area contributed by atoms with Gasteiger partial charge in [0.15, 0.2) is 5.78 Å². The van der Waals surface area contributed by atoms with E-state index in [1.165, 1.54) is 11.3 Å². The van der Waals surface area contributed by atoms with Gasteiger partial charge in [0, 0.05) is 12.1 Å². The number of para-hydroxylation sites is 1. The number of carbonyl (C=O) groups excluding carboxylic acids is 2. The lowest BCUT2D eigenvalue weighted by Gasteiger charge is -2.28. The van der Waals surface area contributed by atoms with Crippen molar-refractivity contribution in [1.29, 1.82) is 0 Å². The number of rotatable bonds is 3. The first-order valence-corrected chi connectivity index (χ1v) is 7.51. The average Bonchev–Trinajstić information content (AvgIpc) is 2.89. The quantitative estimate of drug-likeness (QED) is 0.813. The molecule has 0 spiro atoms. The molecule has 20 heavy (non-hydrogen) atoms. The van der Waals surface area contributed by atoms with Gasteiger partial charge in [-0.25, -0.2) is 0 Å². The van der Waals surface area contributed by atoms with Crippen molar-refractivity contribution >= 4 is 40.3 Å². The first-order valence-electron chi connectivity index (χ1n) is 6.32. The van der Waals surface area contributed by atoms with Gasteiger partial charge in [-0.3, -0.25) is 9.59 Å². The van der Waals surface area contributed by atoms with Crippen molar-refractivity contribution in [2.24, 2.45) is 0 Å². The van der Waals surface area contributed by atoms with E-state index in [0.29, 0.717) is 15.6 Å². The summed E-state index contributed by atoms with van der Waals surface area (Å²) in [7, 11) is 0. The zero-order valence-electron chi connectivity index (χ0n) is 10.6. The van der Waals surface area contributed by atoms with Crippen LogP contribution in [0.4, 0.5) is 5.69 Å². The molecule has 0 fully saturated rings. The molecular weight excluding hydrogens is 294 g/mol. The number of nitrogens with zero attached hydrogens (tertiary/aromatic N) is 1. The van der Waals surface area contributed by atoms with Gasteiger partial charge >= 0.3 is 0 Å². The highest BCUT2D eigenvalue weighted by atomic mass is 35.5. The Bertz CT molecular complexity index is 680. The van der Waals surface area contributed by atoms with Gasteiger partial charge < -0.3 is 4.90 Å². The molecule has 3 rings (SSSR count). The molecular formula is C15H12ClNO2S. The lowest BCUT2D eigenvalue weighted by atomic mass is 10.0. The van der Waals surface area contributed by atoms with Gasteiger partial charge in [0.2, 0.25) is 5.91 Å². The molecule has 0 saturated carbocycles. The Morgan fingerprint density at radius 3 is 2.75 bits per heavy atom. The Morgan fingerprint density at radius 2 is 2.00 bits per heavy atom. The maximum Gasteiger partial charge on any atom is 0.227 e. The van der Waals surface area contributed by atoms with E-state index in [9.17, 15) is 9.59 Å². The van der Waals surface area contributed by atoms with Crippen LogP contribution in [0.1, 0.15) is 21.7 Å². The van der Waals surface area contributed by atoms with Crippen LogP contribution >= 0.6 is 22.9 Å². The molecule has 2 aromatic rings. The minimum absolute atomic E-state index is 0.000275. The fraction of sp³-hybridized carbons (Fsp3) is 0.200. The van der Waals surface area contributed by atoms with Crippen LogP contribution in [-0.2, 0) is 11.2 Å². The van der Waals surface area contributed by atoms with Crippen LogP contribution in [0.5, 0.6) is 0 Å². The number of fused-ring (bicyclic) bond motifs is 1. The van der Waals surface area contributed by atoms with Crippen molar-refractivity contribution in [2.45, 2.75) is 12.8 Å². The number of aryl methyl sites for hydroxylation is 1. The number of Topliss-reactive ketones (excluding diaryl/α,β-unsaturated/α-hetero) is 1. The van der Waals surface area contributed by atoms with Crippen molar-refractivity contribution in [1.82, 2.24) is 0 Å². The molecule has 102 valence electrons. The third kappa shape index (κ3) is 2.49. The number of thiophene rings is 1. The molecule has 1 amide bonds. The van der Waals surface area contributed by atoms with Crippen LogP contribution < -0.4 is 4.90 Å². The van der Waals surface area contributed by atoms with E-state index in [4.69, 9.17) is 11.6 Å². The van der Waals surface area contributed by atoms with E-state index in [1.807, 2.05) is 24.3 Å². The summed E-state index contributed by atoms with van der Waals surface area (Å²) >= 11 is 7.09. The summed E-state index contributed by atoms with van der Waals surface area (Å²) in [6.07, 6.45) is 1.19. The van der Waals surface area contributed by atoms with Gasteiger partial charge in [-0.1, -0.05) is 29.8 Å². The predicted molar refractivity (Wildman–Crippen MR) is 80.8 cm³/mol. The molecule has 2 heterocycles. The summed E-state index contributed by atoms with van der Waals surface area (Å²) < 4.78 is 0.582. The number of benzene rings is 1. The van der Waals surface area contributed by atoms with E-state index >= 15 is 0 Å². The molecule has 0 bridgehead atoms. The molecule has 3 nitrogen and oxygen atoms in total. The third-order valence-corrected chi connectivity index (χ3v) is 4.61. The second kappa shape index (κ2) is 5.38. The van der Waals surface area contributed by atoms with Crippen LogP contribution in [0.2, 0.25) is 4.34 Å². The van der Waals surface area contributed by atoms with Crippen molar-refractivity contribution in [3.63, 3.8) is 0 Å². The molecule has 1 aromatic carbocycles. The normalized spacial score (nSPS) is 14.2. The number of carbonyl (C=O) groups is 2. The Labute approximate surface area is 125 Å². The summed E-state index contributed by atoms with van der Waals surface area (Å²) in [6.45, 7) is 0.0761.